The maximum atomic E-state index is 3.86. The molecule has 0 heteroatoms. The molecule has 0 unspecified atom stereocenters. The Kier molecular flexibility index (Phi) is 15.0. The van der Waals surface area contributed by atoms with Crippen molar-refractivity contribution in [1.82, 2.24) is 0 Å². The molecule has 1 radical (unpaired) electrons. The zero-order chi connectivity index (χ0) is 12.6. The summed E-state index contributed by atoms with van der Waals surface area (Å²) >= 11 is 0. The third-order valence-electron chi connectivity index (χ3n) is 2.93. The van der Waals surface area contributed by atoms with Gasteiger partial charge in [-0.05, 0) is 44.9 Å². The molecule has 0 saturated heterocycles. The van der Waals surface area contributed by atoms with E-state index in [1.54, 1.807) is 0 Å². The van der Waals surface area contributed by atoms with Crippen molar-refractivity contribution in [3.8, 4) is 0 Å². The normalized spacial score (nSPS) is 11.9. The first-order valence-corrected chi connectivity index (χ1v) is 7.51. The van der Waals surface area contributed by atoms with Gasteiger partial charge in [0.1, 0.15) is 0 Å². The molecular formula is C17H31. The van der Waals surface area contributed by atoms with Crippen LogP contribution in [0.4, 0.5) is 0 Å². The molecule has 0 aromatic heterocycles. The van der Waals surface area contributed by atoms with Gasteiger partial charge in [-0.25, -0.2) is 0 Å². The summed E-state index contributed by atoms with van der Waals surface area (Å²) in [5.74, 6) is 0. The van der Waals surface area contributed by atoms with Gasteiger partial charge in [0.15, 0.2) is 0 Å². The minimum Gasteiger partial charge on any atom is -0.0888 e. The molecule has 0 aromatic carbocycles. The standard InChI is InChI=1S/C17H31/c1-3-5-7-9-11-13-15-17-16-14-12-10-8-6-4-2/h6,8,15,17H,1,3-5,7,9-14,16H2,2H3/b8-6+,17-15+. The molecule has 0 amide bonds. The highest BCUT2D eigenvalue weighted by atomic mass is 13.9. The highest BCUT2D eigenvalue weighted by Crippen LogP contribution is 2.07. The molecule has 0 nitrogen and oxygen atoms in total. The number of unbranched alkanes of at least 4 members (excludes halogenated alkanes) is 8. The van der Waals surface area contributed by atoms with E-state index < -0.39 is 0 Å². The first-order chi connectivity index (χ1) is 8.41. The molecule has 0 fully saturated rings. The van der Waals surface area contributed by atoms with E-state index in [4.69, 9.17) is 0 Å². The van der Waals surface area contributed by atoms with Gasteiger partial charge in [0, 0.05) is 0 Å². The number of allylic oxidation sites excluding steroid dienone is 4. The minimum absolute atomic E-state index is 1.10. The first-order valence-electron chi connectivity index (χ1n) is 7.51. The van der Waals surface area contributed by atoms with Crippen LogP contribution in [-0.2, 0) is 0 Å². The maximum Gasteiger partial charge on any atom is -0.0351 e. The lowest BCUT2D eigenvalue weighted by Crippen LogP contribution is -1.76. The Morgan fingerprint density at radius 2 is 1.12 bits per heavy atom. The molecule has 0 rings (SSSR count). The lowest BCUT2D eigenvalue weighted by molar-refractivity contribution is 0.650. The van der Waals surface area contributed by atoms with Crippen molar-refractivity contribution in [3.63, 3.8) is 0 Å². The van der Waals surface area contributed by atoms with Crippen LogP contribution in [0.5, 0.6) is 0 Å². The van der Waals surface area contributed by atoms with Gasteiger partial charge in [-0.2, -0.15) is 0 Å². The Bertz CT molecular complexity index is 176. The second-order valence-corrected chi connectivity index (χ2v) is 4.69. The van der Waals surface area contributed by atoms with Crippen molar-refractivity contribution < 1.29 is 0 Å². The van der Waals surface area contributed by atoms with Crippen LogP contribution in [0, 0.1) is 6.92 Å². The molecular weight excluding hydrogens is 204 g/mol. The Balaban J connectivity index is 3.07. The lowest BCUT2D eigenvalue weighted by atomic mass is 10.1. The molecule has 99 valence electrons. The monoisotopic (exact) mass is 235 g/mol. The van der Waals surface area contributed by atoms with Gasteiger partial charge in [0.25, 0.3) is 0 Å². The van der Waals surface area contributed by atoms with Gasteiger partial charge in [-0.15, -0.1) is 0 Å². The molecule has 17 heavy (non-hydrogen) atoms. The van der Waals surface area contributed by atoms with Crippen molar-refractivity contribution in [3.05, 3.63) is 31.2 Å². The van der Waals surface area contributed by atoms with Gasteiger partial charge in [0.2, 0.25) is 0 Å². The molecule has 0 spiro atoms. The second kappa shape index (κ2) is 15.5. The average Bonchev–Trinajstić information content (AvgIpc) is 2.35. The summed E-state index contributed by atoms with van der Waals surface area (Å²) in [5.41, 5.74) is 0. The molecule has 0 aliphatic heterocycles. The number of hydrogen-bond donors (Lipinski definition) is 0. The van der Waals surface area contributed by atoms with Gasteiger partial charge in [-0.3, -0.25) is 0 Å². The third kappa shape index (κ3) is 15.5. The van der Waals surface area contributed by atoms with E-state index in [2.05, 4.69) is 38.2 Å². The van der Waals surface area contributed by atoms with Gasteiger partial charge in [0.05, 0.1) is 0 Å². The van der Waals surface area contributed by atoms with Crippen molar-refractivity contribution in [1.29, 1.82) is 0 Å². The molecule has 0 aliphatic carbocycles. The molecule has 0 aliphatic rings. The summed E-state index contributed by atoms with van der Waals surface area (Å²) < 4.78 is 0. The molecule has 0 atom stereocenters. The summed E-state index contributed by atoms with van der Waals surface area (Å²) in [6.07, 6.45) is 23.4. The second-order valence-electron chi connectivity index (χ2n) is 4.69. The fourth-order valence-corrected chi connectivity index (χ4v) is 1.84. The summed E-state index contributed by atoms with van der Waals surface area (Å²) in [7, 11) is 0. The fraction of sp³-hybridized carbons (Fsp3) is 0.706. The van der Waals surface area contributed by atoms with Crippen LogP contribution in [0.1, 0.15) is 77.6 Å². The Labute approximate surface area is 109 Å². The maximum absolute atomic E-state index is 3.86. The lowest BCUT2D eigenvalue weighted by Gasteiger charge is -1.96. The summed E-state index contributed by atoms with van der Waals surface area (Å²) in [6, 6.07) is 0. The van der Waals surface area contributed by atoms with Crippen LogP contribution in [0.3, 0.4) is 0 Å². The average molecular weight is 235 g/mol. The van der Waals surface area contributed by atoms with E-state index in [-0.39, 0.29) is 0 Å². The summed E-state index contributed by atoms with van der Waals surface area (Å²) in [6.45, 7) is 6.05. The largest absolute Gasteiger partial charge is 0.0888 e. The van der Waals surface area contributed by atoms with Crippen LogP contribution < -0.4 is 0 Å². The van der Waals surface area contributed by atoms with Gasteiger partial charge in [-0.1, -0.05) is 63.8 Å². The van der Waals surface area contributed by atoms with E-state index >= 15 is 0 Å². The van der Waals surface area contributed by atoms with Crippen LogP contribution in [0.2, 0.25) is 0 Å². The third-order valence-corrected chi connectivity index (χ3v) is 2.93. The van der Waals surface area contributed by atoms with E-state index in [0.29, 0.717) is 0 Å². The molecule has 0 bridgehead atoms. The van der Waals surface area contributed by atoms with Gasteiger partial charge < -0.3 is 0 Å². The molecule has 0 saturated carbocycles. The quantitative estimate of drug-likeness (QED) is 0.277. The SMILES string of the molecule is [CH2]CCCCCC/C=C/CCCC/C=C/CC. The zero-order valence-electron chi connectivity index (χ0n) is 11.8. The fourth-order valence-electron chi connectivity index (χ4n) is 1.84. The van der Waals surface area contributed by atoms with E-state index in [1.807, 2.05) is 0 Å². The predicted molar refractivity (Wildman–Crippen MR) is 80.1 cm³/mol. The minimum atomic E-state index is 1.10. The van der Waals surface area contributed by atoms with E-state index in [0.717, 1.165) is 6.42 Å². The van der Waals surface area contributed by atoms with Crippen LogP contribution in [0.15, 0.2) is 24.3 Å². The molecule has 0 heterocycles. The highest BCUT2D eigenvalue weighted by Gasteiger charge is 1.87. The summed E-state index contributed by atoms with van der Waals surface area (Å²) in [5, 5.41) is 0. The van der Waals surface area contributed by atoms with Crippen LogP contribution in [-0.4, -0.2) is 0 Å². The van der Waals surface area contributed by atoms with Crippen molar-refractivity contribution in [2.45, 2.75) is 77.6 Å². The van der Waals surface area contributed by atoms with E-state index in [9.17, 15) is 0 Å². The Hall–Kier alpha value is -0.520. The first kappa shape index (κ1) is 16.5. The molecule has 0 aromatic rings. The predicted octanol–water partition coefficient (Wildman–Crippen LogP) is 6.24. The summed E-state index contributed by atoms with van der Waals surface area (Å²) in [4.78, 5) is 0. The van der Waals surface area contributed by atoms with E-state index in [1.165, 1.54) is 64.2 Å². The topological polar surface area (TPSA) is 0 Å². The highest BCUT2D eigenvalue weighted by molar-refractivity contribution is 4.83. The van der Waals surface area contributed by atoms with Crippen molar-refractivity contribution >= 4 is 0 Å². The Morgan fingerprint density at radius 1 is 0.647 bits per heavy atom. The smallest absolute Gasteiger partial charge is 0.0351 e. The number of hydrogen-bond acceptors (Lipinski definition) is 0. The van der Waals surface area contributed by atoms with Crippen molar-refractivity contribution in [2.75, 3.05) is 0 Å². The van der Waals surface area contributed by atoms with Crippen molar-refractivity contribution in [2.24, 2.45) is 0 Å². The Morgan fingerprint density at radius 3 is 1.65 bits per heavy atom. The van der Waals surface area contributed by atoms with Gasteiger partial charge >= 0.3 is 0 Å². The van der Waals surface area contributed by atoms with Crippen LogP contribution in [0.25, 0.3) is 0 Å². The number of rotatable bonds is 12. The zero-order valence-corrected chi connectivity index (χ0v) is 11.8. The van der Waals surface area contributed by atoms with Crippen LogP contribution >= 0.6 is 0 Å². The molecule has 0 N–H and O–H groups in total.